The maximum Gasteiger partial charge on any atom is 0.224 e. The molecule has 1 aromatic heterocycles. The van der Waals surface area contributed by atoms with Crippen molar-refractivity contribution in [2.45, 2.75) is 46.1 Å². The van der Waals surface area contributed by atoms with Crippen molar-refractivity contribution in [2.24, 2.45) is 0 Å². The summed E-state index contributed by atoms with van der Waals surface area (Å²) < 4.78 is 25.6. The molecule has 5 nitrogen and oxygen atoms in total. The number of aromatic nitrogens is 1. The Balaban J connectivity index is 1.78. The van der Waals surface area contributed by atoms with E-state index in [1.165, 1.54) is 5.56 Å². The largest absolute Gasteiger partial charge is 0.350 e. The Hall–Kier alpha value is -2.08. The number of amides is 1. The molecule has 3 rings (SSSR count). The lowest BCUT2D eigenvalue weighted by Gasteiger charge is -2.23. The molecule has 0 aliphatic carbocycles. The van der Waals surface area contributed by atoms with E-state index in [9.17, 15) is 13.2 Å². The fraction of sp³-hybridized carbons (Fsp3) is 0.450. The van der Waals surface area contributed by atoms with E-state index in [4.69, 9.17) is 0 Å². The molecule has 1 saturated heterocycles. The lowest BCUT2D eigenvalue weighted by molar-refractivity contribution is -0.121. The molecular weight excluding hydrogens is 348 g/mol. The SMILES string of the molecule is Cc1ccc(-n2c(C)cc(CC(=O)NC3(C)CCS(=O)(=O)C3)c2C)cc1. The first-order valence-corrected chi connectivity index (χ1v) is 10.7. The minimum absolute atomic E-state index is 0.0220. The van der Waals surface area contributed by atoms with Gasteiger partial charge in [0.1, 0.15) is 0 Å². The third-order valence-electron chi connectivity index (χ3n) is 5.12. The number of rotatable bonds is 4. The van der Waals surface area contributed by atoms with Crippen LogP contribution in [0.25, 0.3) is 5.69 Å². The lowest BCUT2D eigenvalue weighted by atomic mass is 10.0. The van der Waals surface area contributed by atoms with Gasteiger partial charge in [0.25, 0.3) is 0 Å². The fourth-order valence-corrected chi connectivity index (χ4v) is 5.86. The smallest absolute Gasteiger partial charge is 0.224 e. The summed E-state index contributed by atoms with van der Waals surface area (Å²) in [5, 5.41) is 2.94. The Labute approximate surface area is 155 Å². The van der Waals surface area contributed by atoms with Gasteiger partial charge in [-0.15, -0.1) is 0 Å². The highest BCUT2D eigenvalue weighted by Crippen LogP contribution is 2.24. The van der Waals surface area contributed by atoms with E-state index in [1.807, 2.05) is 26.8 Å². The average Bonchev–Trinajstić information content (AvgIpc) is 2.96. The third kappa shape index (κ3) is 3.85. The average molecular weight is 375 g/mol. The number of carbonyl (C=O) groups is 1. The summed E-state index contributed by atoms with van der Waals surface area (Å²) in [5.74, 6) is 0.0357. The van der Waals surface area contributed by atoms with Crippen LogP contribution in [-0.2, 0) is 21.1 Å². The lowest BCUT2D eigenvalue weighted by Crippen LogP contribution is -2.47. The first kappa shape index (κ1) is 18.7. The summed E-state index contributed by atoms with van der Waals surface area (Å²) in [6.07, 6.45) is 0.727. The van der Waals surface area contributed by atoms with Crippen molar-refractivity contribution in [1.82, 2.24) is 9.88 Å². The predicted octanol–water partition coefficient (Wildman–Crippen LogP) is 2.64. The number of nitrogens with zero attached hydrogens (tertiary/aromatic N) is 1. The Morgan fingerprint density at radius 1 is 1.19 bits per heavy atom. The molecule has 2 aromatic rings. The summed E-state index contributed by atoms with van der Waals surface area (Å²) in [7, 11) is -3.04. The minimum Gasteiger partial charge on any atom is -0.350 e. The number of aryl methyl sites for hydroxylation is 2. The monoisotopic (exact) mass is 374 g/mol. The topological polar surface area (TPSA) is 68.2 Å². The zero-order chi connectivity index (χ0) is 19.1. The number of hydrogen-bond acceptors (Lipinski definition) is 3. The molecule has 0 spiro atoms. The first-order valence-electron chi connectivity index (χ1n) is 8.85. The molecule has 0 radical (unpaired) electrons. The Kier molecular flexibility index (Phi) is 4.73. The highest BCUT2D eigenvalue weighted by atomic mass is 32.2. The van der Waals surface area contributed by atoms with Crippen molar-refractivity contribution in [3.63, 3.8) is 0 Å². The summed E-state index contributed by atoms with van der Waals surface area (Å²) in [4.78, 5) is 12.5. The standard InChI is InChI=1S/C20H26N2O3S/c1-14-5-7-18(8-6-14)22-15(2)11-17(16(22)3)12-19(23)21-20(4)9-10-26(24,25)13-20/h5-8,11H,9-10,12-13H2,1-4H3,(H,21,23). The highest BCUT2D eigenvalue weighted by molar-refractivity contribution is 7.91. The molecule has 6 heteroatoms. The van der Waals surface area contributed by atoms with Gasteiger partial charge >= 0.3 is 0 Å². The zero-order valence-corrected chi connectivity index (χ0v) is 16.6. The van der Waals surface area contributed by atoms with Gasteiger partial charge in [-0.05, 0) is 57.9 Å². The van der Waals surface area contributed by atoms with Gasteiger partial charge in [-0.1, -0.05) is 17.7 Å². The van der Waals surface area contributed by atoms with E-state index in [2.05, 4.69) is 41.1 Å². The van der Waals surface area contributed by atoms with Gasteiger partial charge in [-0.25, -0.2) is 8.42 Å². The molecule has 0 saturated carbocycles. The van der Waals surface area contributed by atoms with Crippen molar-refractivity contribution in [3.05, 3.63) is 52.8 Å². The normalized spacial score (nSPS) is 21.7. The summed E-state index contributed by atoms with van der Waals surface area (Å²) in [5.41, 5.74) is 4.69. The first-order chi connectivity index (χ1) is 12.1. The molecule has 140 valence electrons. The van der Waals surface area contributed by atoms with Gasteiger partial charge < -0.3 is 9.88 Å². The number of carbonyl (C=O) groups excluding carboxylic acids is 1. The van der Waals surface area contributed by atoms with Gasteiger partial charge in [0, 0.05) is 17.1 Å². The van der Waals surface area contributed by atoms with Gasteiger partial charge in [0.05, 0.1) is 23.5 Å². The van der Waals surface area contributed by atoms with Crippen LogP contribution in [0, 0.1) is 20.8 Å². The molecule has 1 aliphatic rings. The number of sulfone groups is 1. The summed E-state index contributed by atoms with van der Waals surface area (Å²) in [6.45, 7) is 7.90. The van der Waals surface area contributed by atoms with E-state index in [0.29, 0.717) is 6.42 Å². The van der Waals surface area contributed by atoms with Crippen molar-refractivity contribution >= 4 is 15.7 Å². The maximum atomic E-state index is 12.5. The Bertz CT molecular complexity index is 942. The molecule has 2 heterocycles. The molecule has 1 aromatic carbocycles. The van der Waals surface area contributed by atoms with Gasteiger partial charge in [0.2, 0.25) is 5.91 Å². The van der Waals surface area contributed by atoms with Crippen LogP contribution in [0.2, 0.25) is 0 Å². The zero-order valence-electron chi connectivity index (χ0n) is 15.8. The van der Waals surface area contributed by atoms with Crippen LogP contribution >= 0.6 is 0 Å². The second-order valence-electron chi connectivity index (χ2n) is 7.69. The Morgan fingerprint density at radius 2 is 1.85 bits per heavy atom. The number of hydrogen-bond donors (Lipinski definition) is 1. The van der Waals surface area contributed by atoms with Crippen molar-refractivity contribution < 1.29 is 13.2 Å². The predicted molar refractivity (Wildman–Crippen MR) is 104 cm³/mol. The van der Waals surface area contributed by atoms with Gasteiger partial charge in [-0.3, -0.25) is 4.79 Å². The Morgan fingerprint density at radius 3 is 2.42 bits per heavy atom. The molecule has 1 unspecified atom stereocenters. The maximum absolute atomic E-state index is 12.5. The van der Waals surface area contributed by atoms with Crippen LogP contribution < -0.4 is 5.32 Å². The van der Waals surface area contributed by atoms with Crippen molar-refractivity contribution in [2.75, 3.05) is 11.5 Å². The number of nitrogens with one attached hydrogen (secondary N) is 1. The third-order valence-corrected chi connectivity index (χ3v) is 7.03. The van der Waals surface area contributed by atoms with Crippen LogP contribution in [0.1, 0.15) is 35.9 Å². The molecule has 26 heavy (non-hydrogen) atoms. The van der Waals surface area contributed by atoms with E-state index in [0.717, 1.165) is 22.6 Å². The van der Waals surface area contributed by atoms with Crippen LogP contribution in [-0.4, -0.2) is 35.9 Å². The summed E-state index contributed by atoms with van der Waals surface area (Å²) in [6, 6.07) is 10.3. The van der Waals surface area contributed by atoms with E-state index in [1.54, 1.807) is 0 Å². The highest BCUT2D eigenvalue weighted by Gasteiger charge is 2.39. The molecular formula is C20H26N2O3S. The minimum atomic E-state index is -3.04. The van der Waals surface area contributed by atoms with E-state index >= 15 is 0 Å². The molecule has 1 amide bonds. The fourth-order valence-electron chi connectivity index (χ4n) is 3.76. The van der Waals surface area contributed by atoms with Gasteiger partial charge in [0.15, 0.2) is 9.84 Å². The second-order valence-corrected chi connectivity index (χ2v) is 9.88. The molecule has 1 atom stereocenters. The molecule has 1 aliphatic heterocycles. The molecule has 0 bridgehead atoms. The van der Waals surface area contributed by atoms with Gasteiger partial charge in [-0.2, -0.15) is 0 Å². The van der Waals surface area contributed by atoms with Crippen molar-refractivity contribution in [3.8, 4) is 5.69 Å². The second kappa shape index (κ2) is 6.58. The molecule has 1 N–H and O–H groups in total. The van der Waals surface area contributed by atoms with Crippen LogP contribution in [0.4, 0.5) is 0 Å². The molecule has 1 fully saturated rings. The number of benzene rings is 1. The van der Waals surface area contributed by atoms with Crippen LogP contribution in [0.3, 0.4) is 0 Å². The van der Waals surface area contributed by atoms with E-state index < -0.39 is 15.4 Å². The summed E-state index contributed by atoms with van der Waals surface area (Å²) >= 11 is 0. The van der Waals surface area contributed by atoms with Crippen LogP contribution in [0.15, 0.2) is 30.3 Å². The van der Waals surface area contributed by atoms with Crippen LogP contribution in [0.5, 0.6) is 0 Å². The quantitative estimate of drug-likeness (QED) is 0.894. The van der Waals surface area contributed by atoms with E-state index in [-0.39, 0.29) is 23.8 Å². The van der Waals surface area contributed by atoms with Crippen molar-refractivity contribution in [1.29, 1.82) is 0 Å².